The van der Waals surface area contributed by atoms with Gasteiger partial charge in [0.15, 0.2) is 0 Å². The molecule has 0 aromatic heterocycles. The summed E-state index contributed by atoms with van der Waals surface area (Å²) in [5, 5.41) is 6.96. The Morgan fingerprint density at radius 1 is 0.947 bits per heavy atom. The van der Waals surface area contributed by atoms with E-state index in [0.717, 1.165) is 30.9 Å². The lowest BCUT2D eigenvalue weighted by Crippen LogP contribution is -2.29. The fourth-order valence-corrected chi connectivity index (χ4v) is 5.60. The summed E-state index contributed by atoms with van der Waals surface area (Å²) in [5.74, 6) is -0.315. The molecule has 1 fully saturated rings. The molecule has 1 saturated heterocycles. The second-order valence-electron chi connectivity index (χ2n) is 9.64. The topological polar surface area (TPSA) is 90.5 Å². The number of halogens is 1. The predicted octanol–water partition coefficient (Wildman–Crippen LogP) is 6.02. The van der Waals surface area contributed by atoms with Gasteiger partial charge in [-0.05, 0) is 86.4 Å². The summed E-state index contributed by atoms with van der Waals surface area (Å²) in [4.78, 5) is 15.7. The van der Waals surface area contributed by atoms with Gasteiger partial charge in [-0.15, -0.1) is 0 Å². The number of carbonyl (C=O) groups excluding carboxylic acids is 1. The van der Waals surface area contributed by atoms with Crippen molar-refractivity contribution in [1.29, 1.82) is 0 Å². The van der Waals surface area contributed by atoms with Crippen molar-refractivity contribution in [2.24, 2.45) is 0 Å². The third kappa shape index (κ3) is 6.04. The molecule has 0 bridgehead atoms. The van der Waals surface area contributed by atoms with Crippen LogP contribution in [-0.2, 0) is 21.4 Å². The minimum absolute atomic E-state index is 0.0463. The number of piperidine rings is 1. The highest BCUT2D eigenvalue weighted by Gasteiger charge is 2.29. The molecule has 2 aliphatic rings. The average Bonchev–Trinajstić information content (AvgIpc) is 3.24. The molecule has 3 N–H and O–H groups in total. The van der Waals surface area contributed by atoms with Crippen molar-refractivity contribution >= 4 is 55.9 Å². The van der Waals surface area contributed by atoms with E-state index in [0.29, 0.717) is 33.2 Å². The molecular formula is C29H31ClN4O3S. The molecule has 2 heterocycles. The van der Waals surface area contributed by atoms with Gasteiger partial charge in [0, 0.05) is 34.2 Å². The number of hydrogen-bond acceptors (Lipinski definition) is 5. The summed E-state index contributed by atoms with van der Waals surface area (Å²) in [6.45, 7) is 4.78. The van der Waals surface area contributed by atoms with E-state index in [1.807, 2.05) is 24.3 Å². The molecule has 1 amide bonds. The first-order valence-corrected chi connectivity index (χ1v) is 14.9. The monoisotopic (exact) mass is 550 g/mol. The Morgan fingerprint density at radius 2 is 1.63 bits per heavy atom. The quantitative estimate of drug-likeness (QED) is 0.298. The fourth-order valence-electron chi connectivity index (χ4n) is 4.84. The van der Waals surface area contributed by atoms with E-state index in [2.05, 4.69) is 32.4 Å². The van der Waals surface area contributed by atoms with Crippen LogP contribution in [0.25, 0.3) is 11.3 Å². The second kappa shape index (κ2) is 11.2. The van der Waals surface area contributed by atoms with Gasteiger partial charge >= 0.3 is 0 Å². The lowest BCUT2D eigenvalue weighted by Gasteiger charge is -2.26. The van der Waals surface area contributed by atoms with Gasteiger partial charge in [0.05, 0.1) is 17.0 Å². The highest BCUT2D eigenvalue weighted by Crippen LogP contribution is 2.39. The van der Waals surface area contributed by atoms with Crippen LogP contribution in [0.3, 0.4) is 0 Å². The molecule has 0 unspecified atom stereocenters. The summed E-state index contributed by atoms with van der Waals surface area (Å²) in [7, 11) is -3.47. The van der Waals surface area contributed by atoms with Crippen molar-refractivity contribution in [2.45, 2.75) is 32.7 Å². The van der Waals surface area contributed by atoms with Crippen molar-refractivity contribution in [3.8, 4) is 0 Å². The van der Waals surface area contributed by atoms with Gasteiger partial charge in [-0.2, -0.15) is 0 Å². The molecule has 9 heteroatoms. The predicted molar refractivity (Wildman–Crippen MR) is 156 cm³/mol. The average molecular weight is 551 g/mol. The van der Waals surface area contributed by atoms with Crippen molar-refractivity contribution < 1.29 is 13.2 Å². The number of nitrogens with zero attached hydrogens (tertiary/aromatic N) is 1. The zero-order chi connectivity index (χ0) is 26.7. The largest absolute Gasteiger partial charge is 0.354 e. The normalized spacial score (nSPS) is 17.1. The molecule has 0 aliphatic carbocycles. The third-order valence-electron chi connectivity index (χ3n) is 6.88. The number of carbonyl (C=O) groups is 1. The van der Waals surface area contributed by atoms with Crippen LogP contribution in [0.4, 0.5) is 17.1 Å². The smallest absolute Gasteiger partial charge is 0.258 e. The van der Waals surface area contributed by atoms with Crippen LogP contribution in [0.15, 0.2) is 66.7 Å². The number of benzene rings is 3. The summed E-state index contributed by atoms with van der Waals surface area (Å²) in [5.41, 5.74) is 5.54. The molecule has 7 nitrogen and oxygen atoms in total. The standard InChI is InChI=1S/C29H31ClN4O3S/c1-2-38(36,37)33-24-14-15-26-25(18-24)27(29(35)32-26)28(21-8-10-22(30)11-9-21)31-23-12-6-20(7-13-23)19-34-16-4-3-5-17-34/h6-15,18,31,33H,2-5,16-17,19H2,1H3,(H,32,35). The van der Waals surface area contributed by atoms with Crippen molar-refractivity contribution in [3.63, 3.8) is 0 Å². The molecule has 38 heavy (non-hydrogen) atoms. The van der Waals surface area contributed by atoms with Crippen LogP contribution in [0, 0.1) is 0 Å². The van der Waals surface area contributed by atoms with Crippen LogP contribution in [-0.4, -0.2) is 38.1 Å². The maximum Gasteiger partial charge on any atom is 0.258 e. The SMILES string of the molecule is CCS(=O)(=O)Nc1ccc2c(c1)C(=C(Nc1ccc(CN3CCCCC3)cc1)c1ccc(Cl)cc1)C(=O)N2. The van der Waals surface area contributed by atoms with Gasteiger partial charge in [-0.1, -0.05) is 42.3 Å². The molecule has 0 atom stereocenters. The third-order valence-corrected chi connectivity index (χ3v) is 8.44. The summed E-state index contributed by atoms with van der Waals surface area (Å²) in [6.07, 6.45) is 3.82. The highest BCUT2D eigenvalue weighted by molar-refractivity contribution is 7.92. The van der Waals surface area contributed by atoms with Gasteiger partial charge < -0.3 is 10.6 Å². The van der Waals surface area contributed by atoms with E-state index in [4.69, 9.17) is 11.6 Å². The van der Waals surface area contributed by atoms with Crippen LogP contribution >= 0.6 is 11.6 Å². The van der Waals surface area contributed by atoms with Crippen molar-refractivity contribution in [3.05, 3.63) is 88.4 Å². The minimum Gasteiger partial charge on any atom is -0.354 e. The number of sulfonamides is 1. The van der Waals surface area contributed by atoms with Crippen LogP contribution < -0.4 is 15.4 Å². The van der Waals surface area contributed by atoms with E-state index < -0.39 is 10.0 Å². The summed E-state index contributed by atoms with van der Waals surface area (Å²) in [6, 6.07) is 20.6. The maximum atomic E-state index is 13.3. The first kappa shape index (κ1) is 26.3. The number of nitrogens with one attached hydrogen (secondary N) is 3. The number of rotatable bonds is 8. The van der Waals surface area contributed by atoms with Gasteiger partial charge in [-0.3, -0.25) is 14.4 Å². The van der Waals surface area contributed by atoms with Gasteiger partial charge in [0.1, 0.15) is 0 Å². The van der Waals surface area contributed by atoms with Gasteiger partial charge in [0.2, 0.25) is 10.0 Å². The molecule has 2 aliphatic heterocycles. The van der Waals surface area contributed by atoms with E-state index in [9.17, 15) is 13.2 Å². The molecule has 0 radical (unpaired) electrons. The Bertz CT molecular complexity index is 1460. The lowest BCUT2D eigenvalue weighted by atomic mass is 9.99. The zero-order valence-corrected chi connectivity index (χ0v) is 22.8. The number of likely N-dealkylation sites (tertiary alicyclic amines) is 1. The summed E-state index contributed by atoms with van der Waals surface area (Å²) < 4.78 is 26.9. The second-order valence-corrected chi connectivity index (χ2v) is 12.1. The molecule has 3 aromatic rings. The zero-order valence-electron chi connectivity index (χ0n) is 21.3. The van der Waals surface area contributed by atoms with Gasteiger partial charge in [-0.25, -0.2) is 8.42 Å². The van der Waals surface area contributed by atoms with E-state index in [1.165, 1.54) is 24.8 Å². The van der Waals surface area contributed by atoms with Crippen molar-refractivity contribution in [2.75, 3.05) is 34.2 Å². The van der Waals surface area contributed by atoms with Crippen LogP contribution in [0.1, 0.15) is 42.9 Å². The van der Waals surface area contributed by atoms with Crippen LogP contribution in [0.5, 0.6) is 0 Å². The van der Waals surface area contributed by atoms with E-state index >= 15 is 0 Å². The molecular weight excluding hydrogens is 520 g/mol. The Morgan fingerprint density at radius 3 is 2.32 bits per heavy atom. The first-order chi connectivity index (χ1) is 18.3. The van der Waals surface area contributed by atoms with E-state index in [1.54, 1.807) is 37.3 Å². The lowest BCUT2D eigenvalue weighted by molar-refractivity contribution is -0.110. The fraction of sp³-hybridized carbons (Fsp3) is 0.276. The minimum atomic E-state index is -3.47. The number of anilines is 3. The Balaban J connectivity index is 1.51. The van der Waals surface area contributed by atoms with E-state index in [-0.39, 0.29) is 11.7 Å². The maximum absolute atomic E-state index is 13.3. The Kier molecular flexibility index (Phi) is 7.74. The van der Waals surface area contributed by atoms with Crippen LogP contribution in [0.2, 0.25) is 5.02 Å². The molecule has 3 aromatic carbocycles. The Hall–Kier alpha value is -3.33. The van der Waals surface area contributed by atoms with Crippen molar-refractivity contribution in [1.82, 2.24) is 4.90 Å². The molecule has 5 rings (SSSR count). The van der Waals surface area contributed by atoms with Gasteiger partial charge in [0.25, 0.3) is 5.91 Å². The number of fused-ring (bicyclic) bond motifs is 1. The Labute approximate surface area is 228 Å². The molecule has 0 spiro atoms. The number of amides is 1. The molecule has 0 saturated carbocycles. The highest BCUT2D eigenvalue weighted by atomic mass is 35.5. The first-order valence-electron chi connectivity index (χ1n) is 12.9. The molecule has 198 valence electrons. The number of hydrogen-bond donors (Lipinski definition) is 3. The summed E-state index contributed by atoms with van der Waals surface area (Å²) >= 11 is 6.15.